The number of hydrogen-bond acceptors (Lipinski definition) is 4. The minimum absolute atomic E-state index is 0.0954. The van der Waals surface area contributed by atoms with Crippen molar-refractivity contribution in [1.29, 1.82) is 0 Å². The second-order valence-corrected chi connectivity index (χ2v) is 7.50. The van der Waals surface area contributed by atoms with Gasteiger partial charge in [0, 0.05) is 35.9 Å². The Bertz CT molecular complexity index is 916. The molecule has 0 spiro atoms. The summed E-state index contributed by atoms with van der Waals surface area (Å²) in [5.41, 5.74) is 4.28. The summed E-state index contributed by atoms with van der Waals surface area (Å²) in [6, 6.07) is 6.24. The molecule has 6 heteroatoms. The molecule has 0 atom stereocenters. The van der Waals surface area contributed by atoms with Crippen LogP contribution in [0.5, 0.6) is 0 Å². The number of rotatable bonds is 7. The predicted octanol–water partition coefficient (Wildman–Crippen LogP) is 4.22. The smallest absolute Gasteiger partial charge is 0.254 e. The number of hydrogen-bond donors (Lipinski definition) is 3. The van der Waals surface area contributed by atoms with Crippen LogP contribution in [0.2, 0.25) is 0 Å². The number of pyridine rings is 1. The lowest BCUT2D eigenvalue weighted by atomic mass is 10.0. The molecule has 0 aliphatic carbocycles. The van der Waals surface area contributed by atoms with E-state index in [1.807, 2.05) is 18.3 Å². The van der Waals surface area contributed by atoms with Crippen LogP contribution >= 0.6 is 0 Å². The Morgan fingerprint density at radius 2 is 1.96 bits per heavy atom. The van der Waals surface area contributed by atoms with Crippen LogP contribution in [0.3, 0.4) is 0 Å². The van der Waals surface area contributed by atoms with Crippen LogP contribution in [0.1, 0.15) is 44.5 Å². The van der Waals surface area contributed by atoms with Crippen molar-refractivity contribution >= 4 is 22.5 Å². The molecule has 3 aromatic rings. The van der Waals surface area contributed by atoms with Gasteiger partial charge in [-0.1, -0.05) is 19.9 Å². The Balaban J connectivity index is 2.03. The van der Waals surface area contributed by atoms with Gasteiger partial charge in [0.1, 0.15) is 0 Å². The highest BCUT2D eigenvalue weighted by Crippen LogP contribution is 2.30. The van der Waals surface area contributed by atoms with Crippen LogP contribution in [-0.2, 0) is 0 Å². The first-order chi connectivity index (χ1) is 13.0. The summed E-state index contributed by atoms with van der Waals surface area (Å²) in [5.74, 6) is 0.452. The van der Waals surface area contributed by atoms with E-state index in [2.05, 4.69) is 59.6 Å². The van der Waals surface area contributed by atoms with Crippen molar-refractivity contribution in [2.24, 2.45) is 5.92 Å². The van der Waals surface area contributed by atoms with Crippen LogP contribution in [0, 0.1) is 5.92 Å². The molecule has 1 aromatic carbocycles. The number of anilines is 1. The van der Waals surface area contributed by atoms with Gasteiger partial charge in [-0.15, -0.1) is 0 Å². The number of benzene rings is 1. The highest BCUT2D eigenvalue weighted by Gasteiger charge is 2.17. The molecule has 0 fully saturated rings. The molecule has 2 heterocycles. The zero-order chi connectivity index (χ0) is 19.4. The summed E-state index contributed by atoms with van der Waals surface area (Å²) < 4.78 is 0. The number of nitrogens with one attached hydrogen (secondary N) is 3. The third-order valence-electron chi connectivity index (χ3n) is 4.38. The number of carbonyl (C=O) groups excluding carboxylic acids is 1. The Morgan fingerprint density at radius 3 is 2.63 bits per heavy atom. The third kappa shape index (κ3) is 4.45. The van der Waals surface area contributed by atoms with E-state index in [1.54, 1.807) is 12.4 Å². The van der Waals surface area contributed by atoms with E-state index in [9.17, 15) is 4.79 Å². The lowest BCUT2D eigenvalue weighted by Crippen LogP contribution is -2.27. The van der Waals surface area contributed by atoms with E-state index >= 15 is 0 Å². The molecule has 3 N–H and O–H groups in total. The van der Waals surface area contributed by atoms with Gasteiger partial charge in [0.05, 0.1) is 23.0 Å². The average Bonchev–Trinajstić information content (AvgIpc) is 3.15. The number of H-pyrrole nitrogens is 1. The summed E-state index contributed by atoms with van der Waals surface area (Å²) in [6.07, 6.45) is 6.25. The van der Waals surface area contributed by atoms with Crippen molar-refractivity contribution in [3.8, 4) is 11.1 Å². The highest BCUT2D eigenvalue weighted by atomic mass is 16.1. The largest absolute Gasteiger partial charge is 0.382 e. The van der Waals surface area contributed by atoms with E-state index in [0.29, 0.717) is 18.0 Å². The number of fused-ring (bicyclic) bond motifs is 1. The van der Waals surface area contributed by atoms with Gasteiger partial charge in [0.25, 0.3) is 5.91 Å². The number of nitrogens with zero attached hydrogens (tertiary/aromatic N) is 2. The molecule has 27 heavy (non-hydrogen) atoms. The normalized spacial score (nSPS) is 11.3. The van der Waals surface area contributed by atoms with Crippen molar-refractivity contribution in [1.82, 2.24) is 20.5 Å². The molecule has 0 aliphatic rings. The third-order valence-corrected chi connectivity index (χ3v) is 4.38. The molecule has 1 amide bonds. The van der Waals surface area contributed by atoms with Gasteiger partial charge in [-0.05, 0) is 43.9 Å². The van der Waals surface area contributed by atoms with Gasteiger partial charge in [0.2, 0.25) is 0 Å². The zero-order valence-electron chi connectivity index (χ0n) is 16.3. The highest BCUT2D eigenvalue weighted by molar-refractivity contribution is 6.07. The maximum atomic E-state index is 12.8. The van der Waals surface area contributed by atoms with Crippen LogP contribution in [-0.4, -0.2) is 33.7 Å². The lowest BCUT2D eigenvalue weighted by Gasteiger charge is -2.17. The van der Waals surface area contributed by atoms with E-state index < -0.39 is 0 Å². The second kappa shape index (κ2) is 8.20. The molecular formula is C21H27N5O. The van der Waals surface area contributed by atoms with Crippen molar-refractivity contribution in [2.75, 3.05) is 11.9 Å². The Morgan fingerprint density at radius 1 is 1.15 bits per heavy atom. The Hall–Kier alpha value is -2.89. The number of aromatic amines is 1. The molecule has 0 radical (unpaired) electrons. The van der Waals surface area contributed by atoms with Gasteiger partial charge < -0.3 is 10.6 Å². The molecule has 6 nitrogen and oxygen atoms in total. The van der Waals surface area contributed by atoms with Crippen LogP contribution in [0.4, 0.5) is 5.69 Å². The maximum absolute atomic E-state index is 12.8. The van der Waals surface area contributed by atoms with Gasteiger partial charge in [-0.2, -0.15) is 5.10 Å². The SMILES string of the molecule is CC(C)CCNC(=O)c1cnc2ccc(-c3cn[nH]c3)cc2c1NC(C)C. The van der Waals surface area contributed by atoms with Crippen LogP contribution in [0.15, 0.2) is 36.8 Å². The fourth-order valence-corrected chi connectivity index (χ4v) is 2.97. The van der Waals surface area contributed by atoms with E-state index in [4.69, 9.17) is 0 Å². The van der Waals surface area contributed by atoms with Crippen molar-refractivity contribution in [2.45, 2.75) is 40.2 Å². The van der Waals surface area contributed by atoms with E-state index in [0.717, 1.165) is 34.1 Å². The number of carbonyl (C=O) groups is 1. The molecule has 0 saturated carbocycles. The quantitative estimate of drug-likeness (QED) is 0.585. The summed E-state index contributed by atoms with van der Waals surface area (Å²) in [5, 5.41) is 14.3. The first-order valence-electron chi connectivity index (χ1n) is 9.42. The molecule has 0 saturated heterocycles. The molecule has 0 aliphatic heterocycles. The van der Waals surface area contributed by atoms with E-state index in [-0.39, 0.29) is 11.9 Å². The fourth-order valence-electron chi connectivity index (χ4n) is 2.97. The zero-order valence-corrected chi connectivity index (χ0v) is 16.3. The minimum Gasteiger partial charge on any atom is -0.382 e. The summed E-state index contributed by atoms with van der Waals surface area (Å²) in [6.45, 7) is 9.07. The van der Waals surface area contributed by atoms with Crippen LogP contribution in [0.25, 0.3) is 22.0 Å². The van der Waals surface area contributed by atoms with Gasteiger partial charge in [-0.3, -0.25) is 14.9 Å². The van der Waals surface area contributed by atoms with Crippen molar-refractivity contribution < 1.29 is 4.79 Å². The molecule has 3 rings (SSSR count). The summed E-state index contributed by atoms with van der Waals surface area (Å²) >= 11 is 0. The standard InChI is InChI=1S/C21H27N5O/c1-13(2)7-8-22-21(27)18-12-23-19-6-5-15(16-10-24-25-11-16)9-17(19)20(18)26-14(3)4/h5-6,9-14H,7-8H2,1-4H3,(H,22,27)(H,23,26)(H,24,25). The average molecular weight is 365 g/mol. The molecule has 0 bridgehead atoms. The molecule has 2 aromatic heterocycles. The maximum Gasteiger partial charge on any atom is 0.254 e. The Labute approximate surface area is 159 Å². The van der Waals surface area contributed by atoms with E-state index in [1.165, 1.54) is 0 Å². The van der Waals surface area contributed by atoms with Gasteiger partial charge in [-0.25, -0.2) is 0 Å². The predicted molar refractivity (Wildman–Crippen MR) is 110 cm³/mol. The topological polar surface area (TPSA) is 82.7 Å². The second-order valence-electron chi connectivity index (χ2n) is 7.50. The monoisotopic (exact) mass is 365 g/mol. The molecular weight excluding hydrogens is 338 g/mol. The summed E-state index contributed by atoms with van der Waals surface area (Å²) in [4.78, 5) is 17.3. The molecule has 0 unspecified atom stereocenters. The first-order valence-corrected chi connectivity index (χ1v) is 9.42. The summed E-state index contributed by atoms with van der Waals surface area (Å²) in [7, 11) is 0. The van der Waals surface area contributed by atoms with Gasteiger partial charge >= 0.3 is 0 Å². The molecule has 142 valence electrons. The van der Waals surface area contributed by atoms with Crippen molar-refractivity contribution in [3.05, 3.63) is 42.4 Å². The number of amides is 1. The first kappa shape index (κ1) is 18.9. The number of aromatic nitrogens is 3. The lowest BCUT2D eigenvalue weighted by molar-refractivity contribution is 0.0952. The van der Waals surface area contributed by atoms with Crippen molar-refractivity contribution in [3.63, 3.8) is 0 Å². The fraction of sp³-hybridized carbons (Fsp3) is 0.381. The Kier molecular flexibility index (Phi) is 5.74. The van der Waals surface area contributed by atoms with Gasteiger partial charge in [0.15, 0.2) is 0 Å². The minimum atomic E-state index is -0.0954. The van der Waals surface area contributed by atoms with Crippen LogP contribution < -0.4 is 10.6 Å².